The van der Waals surface area contributed by atoms with Gasteiger partial charge in [-0.05, 0) is 56.9 Å². The van der Waals surface area contributed by atoms with Gasteiger partial charge in [-0.3, -0.25) is 0 Å². The van der Waals surface area contributed by atoms with Crippen LogP contribution in [-0.4, -0.2) is 56.6 Å². The standard InChI is InChI=1S/C22H31N7O/c1-2-3-6-16(13-23)14-24-21-27-22(28-11-5-4-7-18(28)10-12-30)26-20-19(17-8-9-17)15-25-29(20)21/h2-3,6,13,15,17-18,23,30H,4-5,7-12,14H2,1H3,(H,24,26,27)/b3-2-,16-6+,23-13?/t18-/m0/s1. The summed E-state index contributed by atoms with van der Waals surface area (Å²) in [7, 11) is 0. The first-order valence-electron chi connectivity index (χ1n) is 10.9. The Morgan fingerprint density at radius 3 is 2.90 bits per heavy atom. The van der Waals surface area contributed by atoms with E-state index in [1.54, 1.807) is 4.52 Å². The van der Waals surface area contributed by atoms with Gasteiger partial charge in [0, 0.05) is 37.5 Å². The normalized spacial score (nSPS) is 20.3. The summed E-state index contributed by atoms with van der Waals surface area (Å²) in [6, 6.07) is 0.262. The number of anilines is 2. The first-order chi connectivity index (χ1) is 14.7. The van der Waals surface area contributed by atoms with Gasteiger partial charge in [0.15, 0.2) is 5.65 Å². The molecule has 2 aliphatic rings. The van der Waals surface area contributed by atoms with Gasteiger partial charge in [-0.1, -0.05) is 18.2 Å². The molecule has 0 amide bonds. The van der Waals surface area contributed by atoms with Crippen LogP contribution in [0.2, 0.25) is 0 Å². The number of hydrogen-bond acceptors (Lipinski definition) is 7. The van der Waals surface area contributed by atoms with E-state index in [4.69, 9.17) is 15.4 Å². The highest BCUT2D eigenvalue weighted by Crippen LogP contribution is 2.42. The summed E-state index contributed by atoms with van der Waals surface area (Å²) in [5, 5.41) is 25.1. The monoisotopic (exact) mass is 409 g/mol. The molecule has 1 atom stereocenters. The van der Waals surface area contributed by atoms with Crippen LogP contribution in [0.15, 0.2) is 30.0 Å². The lowest BCUT2D eigenvalue weighted by Crippen LogP contribution is -2.41. The van der Waals surface area contributed by atoms with Crippen molar-refractivity contribution in [1.82, 2.24) is 19.6 Å². The maximum Gasteiger partial charge on any atom is 0.230 e. The topological polar surface area (TPSA) is 102 Å². The van der Waals surface area contributed by atoms with Gasteiger partial charge in [-0.2, -0.15) is 19.6 Å². The van der Waals surface area contributed by atoms with E-state index >= 15 is 0 Å². The third-order valence-corrected chi connectivity index (χ3v) is 5.89. The number of piperidine rings is 1. The van der Waals surface area contributed by atoms with Gasteiger partial charge >= 0.3 is 0 Å². The lowest BCUT2D eigenvalue weighted by atomic mass is 10.0. The molecule has 30 heavy (non-hydrogen) atoms. The molecule has 2 fully saturated rings. The summed E-state index contributed by atoms with van der Waals surface area (Å²) in [6.45, 7) is 3.52. The van der Waals surface area contributed by atoms with Crippen molar-refractivity contribution in [3.63, 3.8) is 0 Å². The predicted octanol–water partition coefficient (Wildman–Crippen LogP) is 3.31. The van der Waals surface area contributed by atoms with Gasteiger partial charge in [0.25, 0.3) is 0 Å². The molecule has 2 aromatic heterocycles. The summed E-state index contributed by atoms with van der Waals surface area (Å²) < 4.78 is 1.79. The Kier molecular flexibility index (Phi) is 6.42. The van der Waals surface area contributed by atoms with Gasteiger partial charge in [0.05, 0.1) is 6.20 Å². The fraction of sp³-hybridized carbons (Fsp3) is 0.545. The lowest BCUT2D eigenvalue weighted by molar-refractivity contribution is 0.261. The molecule has 160 valence electrons. The fourth-order valence-corrected chi connectivity index (χ4v) is 4.08. The van der Waals surface area contributed by atoms with Crippen LogP contribution >= 0.6 is 0 Å². The molecule has 8 heteroatoms. The molecule has 2 aromatic rings. The number of nitrogens with zero attached hydrogens (tertiary/aromatic N) is 5. The third kappa shape index (κ3) is 4.38. The smallest absolute Gasteiger partial charge is 0.230 e. The number of hydrogen-bond donors (Lipinski definition) is 3. The molecule has 3 N–H and O–H groups in total. The van der Waals surface area contributed by atoms with Gasteiger partial charge in [0.1, 0.15) is 0 Å². The van der Waals surface area contributed by atoms with E-state index in [1.165, 1.54) is 31.0 Å². The molecule has 1 saturated heterocycles. The Bertz CT molecular complexity index is 942. The number of fused-ring (bicyclic) bond motifs is 1. The molecule has 4 rings (SSSR count). The van der Waals surface area contributed by atoms with Crippen LogP contribution in [0, 0.1) is 5.41 Å². The minimum Gasteiger partial charge on any atom is -0.396 e. The largest absolute Gasteiger partial charge is 0.396 e. The zero-order valence-corrected chi connectivity index (χ0v) is 17.6. The zero-order chi connectivity index (χ0) is 20.9. The van der Waals surface area contributed by atoms with E-state index in [0.717, 1.165) is 37.0 Å². The second-order valence-corrected chi connectivity index (χ2v) is 8.08. The Labute approximate surface area is 177 Å². The number of aliphatic hydroxyl groups excluding tert-OH is 1. The summed E-state index contributed by atoms with van der Waals surface area (Å²) in [5.74, 6) is 1.89. The van der Waals surface area contributed by atoms with Gasteiger partial charge in [-0.15, -0.1) is 0 Å². The molecule has 1 saturated carbocycles. The third-order valence-electron chi connectivity index (χ3n) is 5.89. The van der Waals surface area contributed by atoms with Crippen LogP contribution in [0.3, 0.4) is 0 Å². The maximum absolute atomic E-state index is 9.52. The average Bonchev–Trinajstić information content (AvgIpc) is 3.53. The van der Waals surface area contributed by atoms with Gasteiger partial charge in [0.2, 0.25) is 11.9 Å². The molecular formula is C22H31N7O. The quantitative estimate of drug-likeness (QED) is 0.434. The Hall–Kier alpha value is -2.74. The maximum atomic E-state index is 9.52. The Morgan fingerprint density at radius 1 is 1.30 bits per heavy atom. The summed E-state index contributed by atoms with van der Waals surface area (Å²) in [6.07, 6.45) is 15.5. The van der Waals surface area contributed by atoms with Crippen LogP contribution in [0.25, 0.3) is 5.65 Å². The summed E-state index contributed by atoms with van der Waals surface area (Å²) in [5.41, 5.74) is 2.91. The van der Waals surface area contributed by atoms with Crippen LogP contribution in [0.4, 0.5) is 11.9 Å². The highest BCUT2D eigenvalue weighted by Gasteiger charge is 2.30. The lowest BCUT2D eigenvalue weighted by Gasteiger charge is -2.35. The average molecular weight is 410 g/mol. The SMILES string of the molecule is C/C=C\C=C(/C=N)CNc1nc(N2CCCC[C@H]2CCO)nc2c(C3CC3)cnn12. The van der Waals surface area contributed by atoms with Crippen molar-refractivity contribution >= 4 is 23.8 Å². The van der Waals surface area contributed by atoms with Crippen LogP contribution in [-0.2, 0) is 0 Å². The van der Waals surface area contributed by atoms with E-state index in [2.05, 4.69) is 15.3 Å². The number of aromatic nitrogens is 4. The van der Waals surface area contributed by atoms with Crippen LogP contribution < -0.4 is 10.2 Å². The molecule has 0 unspecified atom stereocenters. The highest BCUT2D eigenvalue weighted by atomic mass is 16.3. The van der Waals surface area contributed by atoms with E-state index in [0.29, 0.717) is 24.4 Å². The Morgan fingerprint density at radius 2 is 2.17 bits per heavy atom. The second-order valence-electron chi connectivity index (χ2n) is 8.08. The molecule has 1 aliphatic carbocycles. The molecule has 0 spiro atoms. The van der Waals surface area contributed by atoms with Crippen molar-refractivity contribution in [2.75, 3.05) is 29.9 Å². The van der Waals surface area contributed by atoms with Crippen molar-refractivity contribution < 1.29 is 5.11 Å². The van der Waals surface area contributed by atoms with Gasteiger partial charge < -0.3 is 20.7 Å². The van der Waals surface area contributed by atoms with Crippen molar-refractivity contribution in [2.24, 2.45) is 0 Å². The van der Waals surface area contributed by atoms with E-state index in [9.17, 15) is 5.11 Å². The number of rotatable bonds is 9. The Balaban J connectivity index is 1.70. The molecule has 0 aromatic carbocycles. The molecular weight excluding hydrogens is 378 g/mol. The first kappa shape index (κ1) is 20.5. The predicted molar refractivity (Wildman–Crippen MR) is 120 cm³/mol. The van der Waals surface area contributed by atoms with Crippen LogP contribution in [0.5, 0.6) is 0 Å². The number of aliphatic hydroxyl groups is 1. The molecule has 0 bridgehead atoms. The minimum atomic E-state index is 0.174. The summed E-state index contributed by atoms with van der Waals surface area (Å²) in [4.78, 5) is 12.0. The minimum absolute atomic E-state index is 0.174. The molecule has 3 heterocycles. The van der Waals surface area contributed by atoms with Crippen molar-refractivity contribution in [1.29, 1.82) is 5.41 Å². The number of nitrogens with one attached hydrogen (secondary N) is 2. The van der Waals surface area contributed by atoms with Crippen LogP contribution in [0.1, 0.15) is 56.9 Å². The van der Waals surface area contributed by atoms with E-state index < -0.39 is 0 Å². The van der Waals surface area contributed by atoms with Crippen molar-refractivity contribution in [2.45, 2.75) is 57.4 Å². The number of allylic oxidation sites excluding steroid dienone is 3. The first-order valence-corrected chi connectivity index (χ1v) is 10.9. The summed E-state index contributed by atoms with van der Waals surface area (Å²) >= 11 is 0. The molecule has 8 nitrogen and oxygen atoms in total. The van der Waals surface area contributed by atoms with E-state index in [-0.39, 0.29) is 12.6 Å². The second kappa shape index (κ2) is 9.38. The highest BCUT2D eigenvalue weighted by molar-refractivity contribution is 5.77. The van der Waals surface area contributed by atoms with Gasteiger partial charge in [-0.25, -0.2) is 0 Å². The van der Waals surface area contributed by atoms with Crippen molar-refractivity contribution in [3.05, 3.63) is 35.6 Å². The zero-order valence-electron chi connectivity index (χ0n) is 17.6. The van der Waals surface area contributed by atoms with E-state index in [1.807, 2.05) is 31.3 Å². The molecule has 0 radical (unpaired) electrons. The fourth-order valence-electron chi connectivity index (χ4n) is 4.08. The molecule has 1 aliphatic heterocycles. The van der Waals surface area contributed by atoms with Crippen molar-refractivity contribution in [3.8, 4) is 0 Å².